The number of nitrogens with one attached hydrogen (secondary N) is 2. The van der Waals surface area contributed by atoms with Crippen LogP contribution >= 0.6 is 0 Å². The van der Waals surface area contributed by atoms with Gasteiger partial charge in [-0.25, -0.2) is 0 Å². The predicted octanol–water partition coefficient (Wildman–Crippen LogP) is 1.35. The Hall–Kier alpha value is -1.55. The second-order valence-corrected chi connectivity index (χ2v) is 4.09. The summed E-state index contributed by atoms with van der Waals surface area (Å²) in [6.45, 7) is 4.58. The molecule has 1 aromatic carbocycles. The highest BCUT2D eigenvalue weighted by molar-refractivity contribution is 5.79. The fourth-order valence-electron chi connectivity index (χ4n) is 1.68. The van der Waals surface area contributed by atoms with Gasteiger partial charge in [-0.2, -0.15) is 0 Å². The molecule has 0 atom stereocenters. The van der Waals surface area contributed by atoms with Crippen LogP contribution in [0, 0.1) is 0 Å². The van der Waals surface area contributed by atoms with Gasteiger partial charge in [0.1, 0.15) is 5.75 Å². The van der Waals surface area contributed by atoms with Crippen LogP contribution in [0.1, 0.15) is 18.9 Å². The molecule has 0 saturated heterocycles. The Morgan fingerprint density at radius 3 is 2.72 bits per heavy atom. The van der Waals surface area contributed by atoms with E-state index in [1.54, 1.807) is 7.11 Å². The third-order valence-electron chi connectivity index (χ3n) is 2.59. The van der Waals surface area contributed by atoms with Crippen molar-refractivity contribution in [2.45, 2.75) is 19.8 Å². The molecule has 4 heteroatoms. The van der Waals surface area contributed by atoms with Crippen LogP contribution in [0.4, 0.5) is 0 Å². The third-order valence-corrected chi connectivity index (χ3v) is 2.59. The van der Waals surface area contributed by atoms with Crippen LogP contribution in [0.25, 0.3) is 0 Å². The Balaban J connectivity index is 2.31. The molecule has 1 aromatic rings. The molecule has 0 aliphatic carbocycles. The van der Waals surface area contributed by atoms with Gasteiger partial charge in [0.15, 0.2) is 0 Å². The quantitative estimate of drug-likeness (QED) is 0.685. The second kappa shape index (κ2) is 8.53. The summed E-state index contributed by atoms with van der Waals surface area (Å²) in [6, 6.07) is 7.59. The average Bonchev–Trinajstić information content (AvgIpc) is 2.39. The lowest BCUT2D eigenvalue weighted by atomic mass is 10.1. The van der Waals surface area contributed by atoms with Crippen molar-refractivity contribution in [3.63, 3.8) is 0 Å². The van der Waals surface area contributed by atoms with E-state index in [4.69, 9.17) is 4.74 Å². The topological polar surface area (TPSA) is 50.4 Å². The Bertz CT molecular complexity index is 367. The number of carbonyl (C=O) groups is 1. The molecule has 1 amide bonds. The van der Waals surface area contributed by atoms with E-state index >= 15 is 0 Å². The van der Waals surface area contributed by atoms with E-state index in [0.717, 1.165) is 30.8 Å². The summed E-state index contributed by atoms with van der Waals surface area (Å²) in [7, 11) is 1.62. The smallest absolute Gasteiger partial charge is 0.224 e. The van der Waals surface area contributed by atoms with Gasteiger partial charge in [0, 0.05) is 18.7 Å². The van der Waals surface area contributed by atoms with E-state index in [2.05, 4.69) is 17.6 Å². The van der Waals surface area contributed by atoms with Gasteiger partial charge in [-0.05, 0) is 19.0 Å². The van der Waals surface area contributed by atoms with Crippen molar-refractivity contribution < 1.29 is 9.53 Å². The van der Waals surface area contributed by atoms with E-state index in [9.17, 15) is 4.79 Å². The third kappa shape index (κ3) is 5.19. The summed E-state index contributed by atoms with van der Waals surface area (Å²) in [5.41, 5.74) is 0.916. The van der Waals surface area contributed by atoms with Gasteiger partial charge in [-0.3, -0.25) is 4.79 Å². The Kier molecular flexibility index (Phi) is 6.87. The molecule has 4 nitrogen and oxygen atoms in total. The zero-order valence-corrected chi connectivity index (χ0v) is 11.2. The maximum Gasteiger partial charge on any atom is 0.224 e. The fourth-order valence-corrected chi connectivity index (χ4v) is 1.68. The van der Waals surface area contributed by atoms with E-state index in [0.29, 0.717) is 13.0 Å². The average molecular weight is 250 g/mol. The molecular formula is C14H22N2O2. The lowest BCUT2D eigenvalue weighted by molar-refractivity contribution is -0.120. The van der Waals surface area contributed by atoms with Crippen molar-refractivity contribution in [3.8, 4) is 5.75 Å². The minimum Gasteiger partial charge on any atom is -0.496 e. The van der Waals surface area contributed by atoms with Crippen molar-refractivity contribution in [1.82, 2.24) is 10.6 Å². The first-order valence-electron chi connectivity index (χ1n) is 6.37. The monoisotopic (exact) mass is 250 g/mol. The molecule has 18 heavy (non-hydrogen) atoms. The second-order valence-electron chi connectivity index (χ2n) is 4.09. The number of methoxy groups -OCH3 is 1. The molecule has 0 aliphatic heterocycles. The minimum atomic E-state index is 0.0257. The molecule has 0 unspecified atom stereocenters. The van der Waals surface area contributed by atoms with Crippen LogP contribution in [0.3, 0.4) is 0 Å². The van der Waals surface area contributed by atoms with Crippen molar-refractivity contribution in [1.29, 1.82) is 0 Å². The van der Waals surface area contributed by atoms with E-state index in [1.807, 2.05) is 24.3 Å². The highest BCUT2D eigenvalue weighted by Gasteiger charge is 2.07. The zero-order valence-electron chi connectivity index (χ0n) is 11.2. The van der Waals surface area contributed by atoms with Crippen LogP contribution in [-0.4, -0.2) is 32.7 Å². The molecule has 0 spiro atoms. The Morgan fingerprint density at radius 2 is 2.00 bits per heavy atom. The highest BCUT2D eigenvalue weighted by atomic mass is 16.5. The highest BCUT2D eigenvalue weighted by Crippen LogP contribution is 2.17. The summed E-state index contributed by atoms with van der Waals surface area (Å²) in [6.07, 6.45) is 1.47. The van der Waals surface area contributed by atoms with Crippen molar-refractivity contribution in [2.24, 2.45) is 0 Å². The first-order chi connectivity index (χ1) is 8.77. The summed E-state index contributed by atoms with van der Waals surface area (Å²) < 4.78 is 5.21. The molecule has 0 radical (unpaired) electrons. The number of benzene rings is 1. The maximum absolute atomic E-state index is 11.7. The molecule has 0 aliphatic rings. The van der Waals surface area contributed by atoms with Gasteiger partial charge in [-0.15, -0.1) is 0 Å². The largest absolute Gasteiger partial charge is 0.496 e. The van der Waals surface area contributed by atoms with Gasteiger partial charge in [0.2, 0.25) is 5.91 Å². The van der Waals surface area contributed by atoms with Gasteiger partial charge in [0.25, 0.3) is 0 Å². The van der Waals surface area contributed by atoms with E-state index in [1.165, 1.54) is 0 Å². The van der Waals surface area contributed by atoms with Crippen LogP contribution in [0.5, 0.6) is 5.75 Å². The van der Waals surface area contributed by atoms with Gasteiger partial charge in [0.05, 0.1) is 13.5 Å². The molecule has 0 aromatic heterocycles. The summed E-state index contributed by atoms with van der Waals surface area (Å²) >= 11 is 0. The number of hydrogen-bond donors (Lipinski definition) is 2. The number of rotatable bonds is 8. The number of amides is 1. The molecular weight excluding hydrogens is 228 g/mol. The predicted molar refractivity (Wildman–Crippen MR) is 72.9 cm³/mol. The van der Waals surface area contributed by atoms with E-state index in [-0.39, 0.29) is 5.91 Å². The number of hydrogen-bond acceptors (Lipinski definition) is 3. The normalized spacial score (nSPS) is 10.1. The van der Waals surface area contributed by atoms with E-state index < -0.39 is 0 Å². The van der Waals surface area contributed by atoms with Crippen molar-refractivity contribution in [3.05, 3.63) is 29.8 Å². The van der Waals surface area contributed by atoms with Gasteiger partial charge >= 0.3 is 0 Å². The molecule has 0 fully saturated rings. The summed E-state index contributed by atoms with van der Waals surface area (Å²) in [5.74, 6) is 0.787. The van der Waals surface area contributed by atoms with Crippen LogP contribution < -0.4 is 15.4 Å². The lowest BCUT2D eigenvalue weighted by Crippen LogP contribution is -2.33. The van der Waals surface area contributed by atoms with Crippen LogP contribution in [-0.2, 0) is 11.2 Å². The molecule has 0 saturated carbocycles. The summed E-state index contributed by atoms with van der Waals surface area (Å²) in [4.78, 5) is 11.7. The zero-order chi connectivity index (χ0) is 13.2. The SMILES string of the molecule is CCCNCCNC(=O)Cc1ccccc1OC. The van der Waals surface area contributed by atoms with Crippen molar-refractivity contribution >= 4 is 5.91 Å². The molecule has 0 bridgehead atoms. The molecule has 100 valence electrons. The minimum absolute atomic E-state index is 0.0257. The summed E-state index contributed by atoms with van der Waals surface area (Å²) in [5, 5.41) is 6.12. The standard InChI is InChI=1S/C14H22N2O2/c1-3-8-15-9-10-16-14(17)11-12-6-4-5-7-13(12)18-2/h4-7,15H,3,8-11H2,1-2H3,(H,16,17). The first-order valence-corrected chi connectivity index (χ1v) is 6.37. The molecule has 1 rings (SSSR count). The van der Waals surface area contributed by atoms with Gasteiger partial charge < -0.3 is 15.4 Å². The van der Waals surface area contributed by atoms with Gasteiger partial charge in [-0.1, -0.05) is 25.1 Å². The Labute approximate surface area is 109 Å². The number of para-hydroxylation sites is 1. The molecule has 0 heterocycles. The van der Waals surface area contributed by atoms with Crippen LogP contribution in [0.2, 0.25) is 0 Å². The fraction of sp³-hybridized carbons (Fsp3) is 0.500. The first kappa shape index (κ1) is 14.5. The van der Waals surface area contributed by atoms with Crippen molar-refractivity contribution in [2.75, 3.05) is 26.7 Å². The number of ether oxygens (including phenoxy) is 1. The number of carbonyl (C=O) groups excluding carboxylic acids is 1. The Morgan fingerprint density at radius 1 is 1.22 bits per heavy atom. The van der Waals surface area contributed by atoms with Crippen LogP contribution in [0.15, 0.2) is 24.3 Å². The molecule has 2 N–H and O–H groups in total. The maximum atomic E-state index is 11.7. The lowest BCUT2D eigenvalue weighted by Gasteiger charge is -2.09.